The number of nitrogens with zero attached hydrogens (tertiary/aromatic N) is 1. The number of hydrogen-bond acceptors (Lipinski definition) is 5. The first kappa shape index (κ1) is 18.6. The number of nitrogens with one attached hydrogen (secondary N) is 2. The lowest BCUT2D eigenvalue weighted by molar-refractivity contribution is 0.287. The molecule has 7 heteroatoms. The van der Waals surface area contributed by atoms with E-state index in [-0.39, 0.29) is 10.9 Å². The van der Waals surface area contributed by atoms with E-state index in [0.717, 1.165) is 33.3 Å². The van der Waals surface area contributed by atoms with Gasteiger partial charge in [0.1, 0.15) is 12.4 Å². The van der Waals surface area contributed by atoms with E-state index in [9.17, 15) is 4.79 Å². The highest BCUT2D eigenvalue weighted by Crippen LogP contribution is 2.27. The summed E-state index contributed by atoms with van der Waals surface area (Å²) < 4.78 is 6.85. The summed E-state index contributed by atoms with van der Waals surface area (Å²) in [5, 5.41) is 1.19. The molecule has 0 fully saturated rings. The monoisotopic (exact) mass is 416 g/mol. The Kier molecular flexibility index (Phi) is 4.82. The Balaban J connectivity index is 1.28. The predicted molar refractivity (Wildman–Crippen MR) is 121 cm³/mol. The number of nitrogens with two attached hydrogens (primary N) is 1. The Labute approximate surface area is 176 Å². The molecule has 0 radical (unpaired) electrons. The van der Waals surface area contributed by atoms with Crippen molar-refractivity contribution in [1.29, 1.82) is 0 Å². The van der Waals surface area contributed by atoms with Crippen molar-refractivity contribution in [3.8, 4) is 16.9 Å². The molecule has 0 aliphatic rings. The zero-order valence-corrected chi connectivity index (χ0v) is 16.9. The van der Waals surface area contributed by atoms with Crippen molar-refractivity contribution in [3.63, 3.8) is 0 Å². The van der Waals surface area contributed by atoms with Gasteiger partial charge in [-0.15, -0.1) is 0 Å². The number of hydrogen-bond donors (Lipinski definition) is 3. The maximum Gasteiger partial charge on any atom is 0.305 e. The summed E-state index contributed by atoms with van der Waals surface area (Å²) >= 11 is 1.20. The van der Waals surface area contributed by atoms with Gasteiger partial charge < -0.3 is 20.4 Å². The SMILES string of the molecule is N[C@@H](COc1cncc(-c2ccc3[nH]c(=O)sc3c2)c1)Cc1c[nH]c2ccccc12. The lowest BCUT2D eigenvalue weighted by Crippen LogP contribution is -2.30. The lowest BCUT2D eigenvalue weighted by atomic mass is 10.1. The third kappa shape index (κ3) is 3.72. The second kappa shape index (κ2) is 7.78. The lowest BCUT2D eigenvalue weighted by Gasteiger charge is -2.13. The van der Waals surface area contributed by atoms with Crippen LogP contribution in [0.4, 0.5) is 0 Å². The van der Waals surface area contributed by atoms with Crippen molar-refractivity contribution in [1.82, 2.24) is 15.0 Å². The van der Waals surface area contributed by atoms with Crippen molar-refractivity contribution in [2.24, 2.45) is 5.73 Å². The molecule has 5 rings (SSSR count). The molecule has 5 aromatic rings. The van der Waals surface area contributed by atoms with Gasteiger partial charge in [-0.05, 0) is 41.8 Å². The third-order valence-electron chi connectivity index (χ3n) is 5.09. The quantitative estimate of drug-likeness (QED) is 0.388. The number of aromatic nitrogens is 3. The van der Waals surface area contributed by atoms with Gasteiger partial charge in [-0.3, -0.25) is 9.78 Å². The van der Waals surface area contributed by atoms with Crippen LogP contribution < -0.4 is 15.3 Å². The highest BCUT2D eigenvalue weighted by Gasteiger charge is 2.11. The number of thiazole rings is 1. The molecule has 0 spiro atoms. The van der Waals surface area contributed by atoms with Crippen molar-refractivity contribution >= 4 is 32.5 Å². The standard InChI is InChI=1S/C23H20N4O2S/c24-17(7-16-11-26-20-4-2-1-3-19(16)20)13-29-18-8-15(10-25-12-18)14-5-6-21-22(9-14)30-23(28)27-21/h1-6,8-12,17,26H,7,13,24H2,(H,27,28)/t17-/m1/s1. The molecule has 150 valence electrons. The first-order valence-corrected chi connectivity index (χ1v) is 10.5. The molecular weight excluding hydrogens is 396 g/mol. The Hall–Kier alpha value is -3.42. The molecule has 0 amide bonds. The van der Waals surface area contributed by atoms with Crippen LogP contribution >= 0.6 is 11.3 Å². The van der Waals surface area contributed by atoms with E-state index in [1.807, 2.05) is 42.6 Å². The van der Waals surface area contributed by atoms with Crippen LogP contribution in [0.5, 0.6) is 5.75 Å². The highest BCUT2D eigenvalue weighted by molar-refractivity contribution is 7.16. The van der Waals surface area contributed by atoms with E-state index < -0.39 is 0 Å². The molecule has 0 aliphatic heterocycles. The molecule has 0 aliphatic carbocycles. The highest BCUT2D eigenvalue weighted by atomic mass is 32.1. The fourth-order valence-corrected chi connectivity index (χ4v) is 4.40. The predicted octanol–water partition coefficient (Wildman–Crippen LogP) is 4.08. The van der Waals surface area contributed by atoms with E-state index in [1.165, 1.54) is 22.3 Å². The zero-order valence-electron chi connectivity index (χ0n) is 16.1. The average molecular weight is 417 g/mol. The van der Waals surface area contributed by atoms with Gasteiger partial charge in [0, 0.05) is 34.9 Å². The van der Waals surface area contributed by atoms with Crippen LogP contribution in [0.25, 0.3) is 32.2 Å². The number of rotatable bonds is 6. The van der Waals surface area contributed by atoms with Crippen molar-refractivity contribution in [3.05, 3.63) is 82.4 Å². The van der Waals surface area contributed by atoms with Crippen molar-refractivity contribution in [2.45, 2.75) is 12.5 Å². The van der Waals surface area contributed by atoms with E-state index >= 15 is 0 Å². The minimum absolute atomic E-state index is 0.0541. The van der Waals surface area contributed by atoms with Gasteiger partial charge in [-0.2, -0.15) is 0 Å². The van der Waals surface area contributed by atoms with Crippen molar-refractivity contribution < 1.29 is 4.74 Å². The summed E-state index contributed by atoms with van der Waals surface area (Å²) in [6.07, 6.45) is 6.21. The average Bonchev–Trinajstić information content (AvgIpc) is 3.34. The van der Waals surface area contributed by atoms with Crippen LogP contribution in [-0.2, 0) is 6.42 Å². The molecule has 1 atom stereocenters. The van der Waals surface area contributed by atoms with Gasteiger partial charge >= 0.3 is 4.87 Å². The van der Waals surface area contributed by atoms with Crippen LogP contribution in [0.15, 0.2) is 71.9 Å². The topological polar surface area (TPSA) is 96.8 Å². The van der Waals surface area contributed by atoms with Crippen LogP contribution in [0, 0.1) is 0 Å². The molecule has 0 saturated heterocycles. The number of pyridine rings is 1. The summed E-state index contributed by atoms with van der Waals surface area (Å²) in [6, 6.07) is 15.9. The fraction of sp³-hybridized carbons (Fsp3) is 0.130. The third-order valence-corrected chi connectivity index (χ3v) is 5.93. The van der Waals surface area contributed by atoms with E-state index in [4.69, 9.17) is 10.5 Å². The van der Waals surface area contributed by atoms with Gasteiger partial charge in [0.15, 0.2) is 0 Å². The molecule has 0 saturated carbocycles. The minimum atomic E-state index is -0.138. The maximum atomic E-state index is 11.5. The second-order valence-electron chi connectivity index (χ2n) is 7.27. The first-order valence-electron chi connectivity index (χ1n) is 9.67. The van der Waals surface area contributed by atoms with Crippen LogP contribution in [0.1, 0.15) is 5.56 Å². The molecule has 30 heavy (non-hydrogen) atoms. The molecular formula is C23H20N4O2S. The minimum Gasteiger partial charge on any atom is -0.490 e. The summed E-state index contributed by atoms with van der Waals surface area (Å²) in [5.41, 5.74) is 11.4. The number of aromatic amines is 2. The van der Waals surface area contributed by atoms with Gasteiger partial charge in [-0.1, -0.05) is 35.6 Å². The maximum absolute atomic E-state index is 11.5. The molecule has 3 aromatic heterocycles. The smallest absolute Gasteiger partial charge is 0.305 e. The molecule has 0 bridgehead atoms. The molecule has 2 aromatic carbocycles. The Morgan fingerprint density at radius 3 is 2.90 bits per heavy atom. The number of para-hydroxylation sites is 1. The summed E-state index contributed by atoms with van der Waals surface area (Å²) in [4.78, 5) is 21.9. The molecule has 3 heterocycles. The largest absolute Gasteiger partial charge is 0.490 e. The van der Waals surface area contributed by atoms with Crippen LogP contribution in [-0.4, -0.2) is 27.6 Å². The Bertz CT molecular complexity index is 1380. The second-order valence-corrected chi connectivity index (χ2v) is 8.28. The van der Waals surface area contributed by atoms with E-state index in [1.54, 1.807) is 12.4 Å². The zero-order chi connectivity index (χ0) is 20.5. The van der Waals surface area contributed by atoms with Gasteiger partial charge in [-0.25, -0.2) is 0 Å². The molecule has 0 unspecified atom stereocenters. The van der Waals surface area contributed by atoms with Gasteiger partial charge in [0.25, 0.3) is 0 Å². The van der Waals surface area contributed by atoms with Crippen LogP contribution in [0.2, 0.25) is 0 Å². The Morgan fingerprint density at radius 1 is 1.07 bits per heavy atom. The van der Waals surface area contributed by atoms with E-state index in [0.29, 0.717) is 12.4 Å². The number of H-pyrrole nitrogens is 2. The fourth-order valence-electron chi connectivity index (χ4n) is 3.63. The first-order chi connectivity index (χ1) is 14.7. The molecule has 4 N–H and O–H groups in total. The van der Waals surface area contributed by atoms with Crippen molar-refractivity contribution in [2.75, 3.05) is 6.61 Å². The molecule has 6 nitrogen and oxygen atoms in total. The summed E-state index contributed by atoms with van der Waals surface area (Å²) in [5.74, 6) is 0.671. The van der Waals surface area contributed by atoms with E-state index in [2.05, 4.69) is 27.1 Å². The number of fused-ring (bicyclic) bond motifs is 2. The summed E-state index contributed by atoms with van der Waals surface area (Å²) in [6.45, 7) is 0.392. The normalized spacial score (nSPS) is 12.4. The Morgan fingerprint density at radius 2 is 1.97 bits per heavy atom. The number of ether oxygens (including phenoxy) is 1. The van der Waals surface area contributed by atoms with Gasteiger partial charge in [0.2, 0.25) is 0 Å². The van der Waals surface area contributed by atoms with Crippen LogP contribution in [0.3, 0.4) is 0 Å². The number of benzene rings is 2. The summed E-state index contributed by atoms with van der Waals surface area (Å²) in [7, 11) is 0. The van der Waals surface area contributed by atoms with Gasteiger partial charge in [0.05, 0.1) is 16.4 Å².